The van der Waals surface area contributed by atoms with Crippen molar-refractivity contribution in [3.63, 3.8) is 0 Å². The van der Waals surface area contributed by atoms with Gasteiger partial charge in [-0.3, -0.25) is 4.98 Å². The second kappa shape index (κ2) is 5.71. The van der Waals surface area contributed by atoms with Crippen molar-refractivity contribution in [3.05, 3.63) is 36.0 Å². The normalized spacial score (nSPS) is 13.5. The van der Waals surface area contributed by atoms with Gasteiger partial charge < -0.3 is 9.84 Å². The van der Waals surface area contributed by atoms with Crippen LogP contribution < -0.4 is 4.74 Å². The van der Waals surface area contributed by atoms with E-state index in [2.05, 4.69) is 4.98 Å². The lowest BCUT2D eigenvalue weighted by Gasteiger charge is -2.19. The number of aliphatic hydroxyl groups excluding tert-OH is 1. The molecule has 0 saturated heterocycles. The van der Waals surface area contributed by atoms with Gasteiger partial charge >= 0.3 is 0 Å². The predicted octanol–water partition coefficient (Wildman–Crippen LogP) is 3.52. The molecule has 3 nitrogen and oxygen atoms in total. The number of nitrogens with zero attached hydrogens (tertiary/aromatic N) is 1. The summed E-state index contributed by atoms with van der Waals surface area (Å²) in [6.45, 7) is 0. The fraction of sp³-hybridized carbons (Fsp3) is 0.308. The number of hydrogen-bond acceptors (Lipinski definition) is 3. The molecule has 0 aliphatic carbocycles. The lowest BCUT2D eigenvalue weighted by atomic mass is 10.0. The summed E-state index contributed by atoms with van der Waals surface area (Å²) in [5.74, 6) is 0.713. The SMILES string of the molecule is COc1ccc2nccc(C[C@@H](O)C(Cl)(Cl)Cl)c2c1. The molecule has 1 N–H and O–H groups in total. The van der Waals surface area contributed by atoms with Crippen LogP contribution in [0.3, 0.4) is 0 Å². The third-order valence-corrected chi connectivity index (χ3v) is 3.59. The van der Waals surface area contributed by atoms with Crippen molar-refractivity contribution in [1.29, 1.82) is 0 Å². The minimum atomic E-state index is -1.71. The lowest BCUT2D eigenvalue weighted by Crippen LogP contribution is -2.27. The molecule has 0 fully saturated rings. The second-order valence-electron chi connectivity index (χ2n) is 4.11. The van der Waals surface area contributed by atoms with Crippen molar-refractivity contribution in [2.24, 2.45) is 0 Å². The third-order valence-electron chi connectivity index (χ3n) is 2.83. The Morgan fingerprint density at radius 1 is 1.32 bits per heavy atom. The van der Waals surface area contributed by atoms with E-state index < -0.39 is 9.90 Å². The minimum Gasteiger partial charge on any atom is -0.497 e. The maximum absolute atomic E-state index is 9.88. The Balaban J connectivity index is 2.42. The van der Waals surface area contributed by atoms with E-state index in [0.717, 1.165) is 16.5 Å². The van der Waals surface area contributed by atoms with Crippen molar-refractivity contribution < 1.29 is 9.84 Å². The Hall–Kier alpha value is -0.740. The molecule has 1 aromatic heterocycles. The van der Waals surface area contributed by atoms with E-state index in [-0.39, 0.29) is 6.42 Å². The van der Waals surface area contributed by atoms with Crippen molar-refractivity contribution >= 4 is 45.7 Å². The molecule has 1 heterocycles. The Bertz CT molecular complexity index is 584. The van der Waals surface area contributed by atoms with E-state index in [1.165, 1.54) is 0 Å². The predicted molar refractivity (Wildman–Crippen MR) is 78.3 cm³/mol. The van der Waals surface area contributed by atoms with Gasteiger partial charge in [0, 0.05) is 18.0 Å². The number of hydrogen-bond donors (Lipinski definition) is 1. The summed E-state index contributed by atoms with van der Waals surface area (Å²) in [6.07, 6.45) is 0.798. The summed E-state index contributed by atoms with van der Waals surface area (Å²) in [6, 6.07) is 7.31. The zero-order chi connectivity index (χ0) is 14.0. The van der Waals surface area contributed by atoms with Crippen molar-refractivity contribution in [2.75, 3.05) is 7.11 Å². The Kier molecular flexibility index (Phi) is 4.41. The zero-order valence-electron chi connectivity index (χ0n) is 10.1. The quantitative estimate of drug-likeness (QED) is 0.880. The van der Waals surface area contributed by atoms with E-state index in [9.17, 15) is 5.11 Å². The number of fused-ring (bicyclic) bond motifs is 1. The number of benzene rings is 1. The smallest absolute Gasteiger partial charge is 0.216 e. The van der Waals surface area contributed by atoms with Gasteiger partial charge in [-0.1, -0.05) is 34.8 Å². The average molecular weight is 321 g/mol. The summed E-state index contributed by atoms with van der Waals surface area (Å²) >= 11 is 17.1. The second-order valence-corrected chi connectivity index (χ2v) is 6.48. The number of ether oxygens (including phenoxy) is 1. The molecule has 0 bridgehead atoms. The Labute approximate surface area is 126 Å². The molecule has 0 spiro atoms. The highest BCUT2D eigenvalue weighted by atomic mass is 35.6. The van der Waals surface area contributed by atoms with Crippen LogP contribution in [0, 0.1) is 0 Å². The molecule has 1 atom stereocenters. The molecular formula is C13H12Cl3NO2. The molecule has 1 aromatic carbocycles. The lowest BCUT2D eigenvalue weighted by molar-refractivity contribution is 0.179. The molecule has 102 valence electrons. The number of alkyl halides is 3. The van der Waals surface area contributed by atoms with Crippen LogP contribution in [0.4, 0.5) is 0 Å². The first-order valence-corrected chi connectivity index (χ1v) is 6.71. The van der Waals surface area contributed by atoms with Gasteiger partial charge in [-0.15, -0.1) is 0 Å². The number of rotatable bonds is 3. The van der Waals surface area contributed by atoms with Crippen LogP contribution in [0.2, 0.25) is 0 Å². The summed E-state index contributed by atoms with van der Waals surface area (Å²) in [5, 5.41) is 10.7. The first kappa shape index (κ1) is 14.7. The average Bonchev–Trinajstić information content (AvgIpc) is 2.37. The molecule has 0 saturated carbocycles. The number of halogens is 3. The fourth-order valence-electron chi connectivity index (χ4n) is 1.81. The van der Waals surface area contributed by atoms with Gasteiger partial charge in [-0.2, -0.15) is 0 Å². The third kappa shape index (κ3) is 3.42. The summed E-state index contributed by atoms with van der Waals surface area (Å²) in [5.41, 5.74) is 1.65. The molecule has 2 rings (SSSR count). The Morgan fingerprint density at radius 2 is 2.05 bits per heavy atom. The molecule has 6 heteroatoms. The van der Waals surface area contributed by atoms with Crippen LogP contribution in [-0.2, 0) is 6.42 Å². The molecule has 0 amide bonds. The number of pyridine rings is 1. The highest BCUT2D eigenvalue weighted by Gasteiger charge is 2.31. The monoisotopic (exact) mass is 319 g/mol. The highest BCUT2D eigenvalue weighted by molar-refractivity contribution is 6.68. The van der Waals surface area contributed by atoms with Gasteiger partial charge in [-0.25, -0.2) is 0 Å². The van der Waals surface area contributed by atoms with Gasteiger partial charge in [0.25, 0.3) is 0 Å². The van der Waals surface area contributed by atoms with Gasteiger partial charge in [0.2, 0.25) is 3.79 Å². The van der Waals surface area contributed by atoms with E-state index >= 15 is 0 Å². The number of aromatic nitrogens is 1. The van der Waals surface area contributed by atoms with Crippen molar-refractivity contribution in [2.45, 2.75) is 16.3 Å². The van der Waals surface area contributed by atoms with Gasteiger partial charge in [0.1, 0.15) is 11.9 Å². The van der Waals surface area contributed by atoms with Crippen molar-refractivity contribution in [1.82, 2.24) is 4.98 Å². The molecular weight excluding hydrogens is 309 g/mol. The summed E-state index contributed by atoms with van der Waals surface area (Å²) in [4.78, 5) is 4.25. The first-order valence-electron chi connectivity index (χ1n) is 5.58. The molecule has 0 unspecified atom stereocenters. The summed E-state index contributed by atoms with van der Waals surface area (Å²) < 4.78 is 3.47. The van der Waals surface area contributed by atoms with Crippen molar-refractivity contribution in [3.8, 4) is 5.75 Å². The largest absolute Gasteiger partial charge is 0.497 e. The van der Waals surface area contributed by atoms with E-state index in [1.54, 1.807) is 19.4 Å². The fourth-order valence-corrected chi connectivity index (χ4v) is 2.04. The van der Waals surface area contributed by atoms with Gasteiger partial charge in [-0.05, 0) is 29.8 Å². The standard InChI is InChI=1S/C13H12Cl3NO2/c1-19-9-2-3-11-10(7-9)8(4-5-17-11)6-12(18)13(14,15)16/h2-5,7,12,18H,6H2,1H3/t12-/m1/s1. The molecule has 19 heavy (non-hydrogen) atoms. The van der Waals surface area contributed by atoms with E-state index in [0.29, 0.717) is 5.75 Å². The molecule has 0 aliphatic rings. The molecule has 0 radical (unpaired) electrons. The minimum absolute atomic E-state index is 0.225. The number of aliphatic hydroxyl groups is 1. The van der Waals surface area contributed by atoms with Crippen LogP contribution in [0.15, 0.2) is 30.5 Å². The summed E-state index contributed by atoms with van der Waals surface area (Å²) in [7, 11) is 1.59. The van der Waals surface area contributed by atoms with E-state index in [1.807, 2.05) is 18.2 Å². The van der Waals surface area contributed by atoms with E-state index in [4.69, 9.17) is 39.5 Å². The van der Waals surface area contributed by atoms with Crippen LogP contribution in [0.5, 0.6) is 5.75 Å². The first-order chi connectivity index (χ1) is 8.91. The topological polar surface area (TPSA) is 42.4 Å². The number of methoxy groups -OCH3 is 1. The maximum atomic E-state index is 9.88. The molecule has 0 aliphatic heterocycles. The highest BCUT2D eigenvalue weighted by Crippen LogP contribution is 2.33. The van der Waals surface area contributed by atoms with Crippen LogP contribution >= 0.6 is 34.8 Å². The Morgan fingerprint density at radius 3 is 2.68 bits per heavy atom. The van der Waals surface area contributed by atoms with Gasteiger partial charge in [0.05, 0.1) is 12.6 Å². The van der Waals surface area contributed by atoms with Crippen LogP contribution in [0.25, 0.3) is 10.9 Å². The van der Waals surface area contributed by atoms with Gasteiger partial charge in [0.15, 0.2) is 0 Å². The maximum Gasteiger partial charge on any atom is 0.216 e. The van der Waals surface area contributed by atoms with Crippen LogP contribution in [-0.4, -0.2) is 27.1 Å². The molecule has 2 aromatic rings. The van der Waals surface area contributed by atoms with Crippen LogP contribution in [0.1, 0.15) is 5.56 Å². The zero-order valence-corrected chi connectivity index (χ0v) is 12.4.